The van der Waals surface area contributed by atoms with Gasteiger partial charge in [0.1, 0.15) is 11.6 Å². The molecule has 0 aliphatic carbocycles. The summed E-state index contributed by atoms with van der Waals surface area (Å²) in [7, 11) is 0. The van der Waals surface area contributed by atoms with Crippen LogP contribution in [0.25, 0.3) is 33.9 Å². The molecule has 2 N–H and O–H groups in total. The summed E-state index contributed by atoms with van der Waals surface area (Å²) in [5.41, 5.74) is 4.87. The number of hydrogen-bond donors (Lipinski definition) is 2. The number of H-pyrrole nitrogens is 1. The van der Waals surface area contributed by atoms with Crippen molar-refractivity contribution in [1.29, 1.82) is 0 Å². The van der Waals surface area contributed by atoms with Gasteiger partial charge in [-0.2, -0.15) is 0 Å². The summed E-state index contributed by atoms with van der Waals surface area (Å²) in [6, 6.07) is 23.3. The van der Waals surface area contributed by atoms with Gasteiger partial charge in [-0.3, -0.25) is 0 Å². The Kier molecular flexibility index (Phi) is 4.66. The SMILES string of the molecule is Oc1ccc(-c2nc(-c3ccc(Br)cc3)c(-c3ccc(Br)cc3)[nH]2)cc1. The molecule has 0 aliphatic heterocycles. The lowest BCUT2D eigenvalue weighted by atomic mass is 10.1. The monoisotopic (exact) mass is 468 g/mol. The van der Waals surface area contributed by atoms with E-state index in [1.807, 2.05) is 48.5 Å². The third kappa shape index (κ3) is 3.45. The molecule has 0 fully saturated rings. The van der Waals surface area contributed by atoms with Crippen LogP contribution in [0.4, 0.5) is 0 Å². The van der Waals surface area contributed by atoms with Gasteiger partial charge in [-0.25, -0.2) is 4.98 Å². The molecule has 4 aromatic rings. The lowest BCUT2D eigenvalue weighted by Gasteiger charge is -2.04. The standard InChI is InChI=1S/C21H14Br2N2O/c22-16-7-1-13(2-8-16)19-20(14-3-9-17(23)10-4-14)25-21(24-19)15-5-11-18(26)12-6-15/h1-12,26H,(H,24,25). The lowest BCUT2D eigenvalue weighted by molar-refractivity contribution is 0.475. The first-order chi connectivity index (χ1) is 12.6. The minimum absolute atomic E-state index is 0.238. The number of aromatic hydroxyl groups is 1. The molecular weight excluding hydrogens is 456 g/mol. The number of halogens is 2. The second-order valence-electron chi connectivity index (χ2n) is 5.87. The molecular formula is C21H14Br2N2O. The van der Waals surface area contributed by atoms with Crippen molar-refractivity contribution in [2.24, 2.45) is 0 Å². The number of nitrogens with one attached hydrogen (secondary N) is 1. The van der Waals surface area contributed by atoms with Crippen LogP contribution >= 0.6 is 31.9 Å². The van der Waals surface area contributed by atoms with Crippen molar-refractivity contribution in [3.8, 4) is 39.7 Å². The average molecular weight is 470 g/mol. The Bertz CT molecular complexity index is 974. The molecule has 4 rings (SSSR count). The zero-order valence-corrected chi connectivity index (χ0v) is 16.8. The first-order valence-electron chi connectivity index (χ1n) is 8.01. The number of aromatic amines is 1. The topological polar surface area (TPSA) is 48.9 Å². The molecule has 26 heavy (non-hydrogen) atoms. The lowest BCUT2D eigenvalue weighted by Crippen LogP contribution is -1.83. The minimum Gasteiger partial charge on any atom is -0.508 e. The Hall–Kier alpha value is -2.37. The molecule has 0 saturated heterocycles. The van der Waals surface area contributed by atoms with Crippen LogP contribution < -0.4 is 0 Å². The highest BCUT2D eigenvalue weighted by molar-refractivity contribution is 9.10. The van der Waals surface area contributed by atoms with Gasteiger partial charge < -0.3 is 10.1 Å². The second kappa shape index (κ2) is 7.09. The molecule has 5 heteroatoms. The van der Waals surface area contributed by atoms with Crippen LogP contribution in [-0.2, 0) is 0 Å². The number of aromatic nitrogens is 2. The van der Waals surface area contributed by atoms with Crippen molar-refractivity contribution >= 4 is 31.9 Å². The molecule has 3 aromatic carbocycles. The van der Waals surface area contributed by atoms with Gasteiger partial charge in [-0.15, -0.1) is 0 Å². The quantitative estimate of drug-likeness (QED) is 0.353. The summed E-state index contributed by atoms with van der Waals surface area (Å²) in [5.74, 6) is 1.00. The predicted octanol–water partition coefficient (Wildman–Crippen LogP) is 6.64. The fourth-order valence-electron chi connectivity index (χ4n) is 2.77. The van der Waals surface area contributed by atoms with Crippen molar-refractivity contribution in [1.82, 2.24) is 9.97 Å². The summed E-state index contributed by atoms with van der Waals surface area (Å²) in [6.07, 6.45) is 0. The van der Waals surface area contributed by atoms with Gasteiger partial charge in [0.25, 0.3) is 0 Å². The van der Waals surface area contributed by atoms with E-state index in [1.165, 1.54) is 0 Å². The fourth-order valence-corrected chi connectivity index (χ4v) is 3.30. The summed E-state index contributed by atoms with van der Waals surface area (Å²) in [4.78, 5) is 8.29. The molecule has 0 atom stereocenters. The summed E-state index contributed by atoms with van der Waals surface area (Å²) in [6.45, 7) is 0. The van der Waals surface area contributed by atoms with Crippen molar-refractivity contribution < 1.29 is 5.11 Å². The molecule has 0 spiro atoms. The molecule has 0 unspecified atom stereocenters. The maximum Gasteiger partial charge on any atom is 0.138 e. The first-order valence-corrected chi connectivity index (χ1v) is 9.60. The number of phenols is 1. The molecule has 1 heterocycles. The van der Waals surface area contributed by atoms with E-state index < -0.39 is 0 Å². The largest absolute Gasteiger partial charge is 0.508 e. The number of phenolic OH excluding ortho intramolecular Hbond substituents is 1. The van der Waals surface area contributed by atoms with Gasteiger partial charge in [0.2, 0.25) is 0 Å². The van der Waals surface area contributed by atoms with Gasteiger partial charge >= 0.3 is 0 Å². The van der Waals surface area contributed by atoms with E-state index in [9.17, 15) is 5.11 Å². The average Bonchev–Trinajstić information content (AvgIpc) is 3.09. The molecule has 0 aliphatic rings. The number of nitrogens with zero attached hydrogens (tertiary/aromatic N) is 1. The highest BCUT2D eigenvalue weighted by Gasteiger charge is 2.15. The van der Waals surface area contributed by atoms with Crippen LogP contribution in [0.5, 0.6) is 5.75 Å². The van der Waals surface area contributed by atoms with Crippen LogP contribution in [0.15, 0.2) is 81.7 Å². The van der Waals surface area contributed by atoms with E-state index in [0.29, 0.717) is 0 Å². The van der Waals surface area contributed by atoms with Gasteiger partial charge in [-0.05, 0) is 48.5 Å². The van der Waals surface area contributed by atoms with Gasteiger partial charge in [0, 0.05) is 25.6 Å². The summed E-state index contributed by atoms with van der Waals surface area (Å²) < 4.78 is 2.06. The fraction of sp³-hybridized carbons (Fsp3) is 0. The van der Waals surface area contributed by atoms with Crippen LogP contribution in [-0.4, -0.2) is 15.1 Å². The molecule has 1 aromatic heterocycles. The van der Waals surface area contributed by atoms with Gasteiger partial charge in [-0.1, -0.05) is 56.1 Å². The molecule has 0 bridgehead atoms. The van der Waals surface area contributed by atoms with E-state index in [4.69, 9.17) is 4.98 Å². The Morgan fingerprint density at radius 3 is 1.73 bits per heavy atom. The summed E-state index contributed by atoms with van der Waals surface area (Å²) in [5, 5.41) is 9.53. The van der Waals surface area contributed by atoms with Crippen LogP contribution in [0, 0.1) is 0 Å². The Morgan fingerprint density at radius 1 is 0.654 bits per heavy atom. The highest BCUT2D eigenvalue weighted by Crippen LogP contribution is 2.34. The van der Waals surface area contributed by atoms with Crippen molar-refractivity contribution in [2.75, 3.05) is 0 Å². The molecule has 0 saturated carbocycles. The van der Waals surface area contributed by atoms with E-state index in [1.54, 1.807) is 12.1 Å². The van der Waals surface area contributed by atoms with E-state index in [-0.39, 0.29) is 5.75 Å². The molecule has 128 valence electrons. The molecule has 0 amide bonds. The Morgan fingerprint density at radius 2 is 1.15 bits per heavy atom. The first kappa shape index (κ1) is 17.1. The number of imidazole rings is 1. The van der Waals surface area contributed by atoms with Crippen LogP contribution in [0.1, 0.15) is 0 Å². The van der Waals surface area contributed by atoms with E-state index in [2.05, 4.69) is 49.0 Å². The third-order valence-electron chi connectivity index (χ3n) is 4.10. The number of rotatable bonds is 3. The summed E-state index contributed by atoms with van der Waals surface area (Å²) >= 11 is 6.96. The van der Waals surface area contributed by atoms with Crippen molar-refractivity contribution in [2.45, 2.75) is 0 Å². The molecule has 0 radical (unpaired) electrons. The highest BCUT2D eigenvalue weighted by atomic mass is 79.9. The Balaban J connectivity index is 1.88. The number of hydrogen-bond acceptors (Lipinski definition) is 2. The van der Waals surface area contributed by atoms with Crippen LogP contribution in [0.3, 0.4) is 0 Å². The predicted molar refractivity (Wildman–Crippen MR) is 112 cm³/mol. The molecule has 3 nitrogen and oxygen atoms in total. The van der Waals surface area contributed by atoms with E-state index >= 15 is 0 Å². The Labute approximate surface area is 168 Å². The van der Waals surface area contributed by atoms with E-state index in [0.717, 1.165) is 42.8 Å². The zero-order chi connectivity index (χ0) is 18.1. The maximum atomic E-state index is 9.53. The second-order valence-corrected chi connectivity index (χ2v) is 7.70. The van der Waals surface area contributed by atoms with Crippen molar-refractivity contribution in [3.05, 3.63) is 81.7 Å². The van der Waals surface area contributed by atoms with Crippen LogP contribution in [0.2, 0.25) is 0 Å². The van der Waals surface area contributed by atoms with Crippen molar-refractivity contribution in [3.63, 3.8) is 0 Å². The van der Waals surface area contributed by atoms with Gasteiger partial charge in [0.05, 0.1) is 11.4 Å². The smallest absolute Gasteiger partial charge is 0.138 e. The van der Waals surface area contributed by atoms with Gasteiger partial charge in [0.15, 0.2) is 0 Å². The minimum atomic E-state index is 0.238. The zero-order valence-electron chi connectivity index (χ0n) is 13.6. The third-order valence-corrected chi connectivity index (χ3v) is 5.15. The number of benzene rings is 3. The normalized spacial score (nSPS) is 10.8. The maximum absolute atomic E-state index is 9.53.